The summed E-state index contributed by atoms with van der Waals surface area (Å²) in [6, 6.07) is 0. The van der Waals surface area contributed by atoms with Crippen molar-refractivity contribution >= 4 is 6.72 Å². The summed E-state index contributed by atoms with van der Waals surface area (Å²) in [7, 11) is 0. The topological polar surface area (TPSA) is 118 Å². The van der Waals surface area contributed by atoms with E-state index in [0.717, 1.165) is 19.3 Å². The van der Waals surface area contributed by atoms with Crippen molar-refractivity contribution in [1.82, 2.24) is 0 Å². The first kappa shape index (κ1) is 20.0. The number of alkyl halides is 1. The van der Waals surface area contributed by atoms with Gasteiger partial charge in [0, 0.05) is 0 Å². The fourth-order valence-electron chi connectivity index (χ4n) is 1.60. The molecule has 20 heavy (non-hydrogen) atoms. The SMILES string of the molecule is C=NO[N+](ON)(ON)[I-]C(C)(C)CCCC(C)(C)CN. The van der Waals surface area contributed by atoms with Crippen LogP contribution in [0, 0.1) is 5.41 Å². The van der Waals surface area contributed by atoms with Gasteiger partial charge in [0.1, 0.15) is 0 Å². The van der Waals surface area contributed by atoms with Crippen LogP contribution in [0.15, 0.2) is 5.16 Å². The standard InChI is InChI=1S/C11H28IN5O3/c1-10(2,9-13)7-6-8-11(3,4)12-17(18-14,19-15)20-16-5/h5-9,13-15H2,1-4H3. The van der Waals surface area contributed by atoms with Crippen LogP contribution < -0.4 is 39.0 Å². The number of hydrogen-bond donors (Lipinski definition) is 3. The van der Waals surface area contributed by atoms with E-state index in [1.165, 1.54) is 0 Å². The van der Waals surface area contributed by atoms with Gasteiger partial charge in [-0.3, -0.25) is 0 Å². The predicted octanol–water partition coefficient (Wildman–Crippen LogP) is -2.10. The van der Waals surface area contributed by atoms with Gasteiger partial charge in [0.25, 0.3) is 0 Å². The van der Waals surface area contributed by atoms with E-state index in [0.29, 0.717) is 6.54 Å². The van der Waals surface area contributed by atoms with Gasteiger partial charge in [-0.2, -0.15) is 0 Å². The molecule has 0 aromatic carbocycles. The number of halogens is 1. The van der Waals surface area contributed by atoms with Crippen molar-refractivity contribution in [2.75, 3.05) is 6.54 Å². The Morgan fingerprint density at radius 3 is 2.10 bits per heavy atom. The van der Waals surface area contributed by atoms with Crippen molar-refractivity contribution in [3.8, 4) is 0 Å². The molecule has 0 bridgehead atoms. The summed E-state index contributed by atoms with van der Waals surface area (Å²) >= 11 is -0.879. The third-order valence-corrected chi connectivity index (χ3v) is 5.98. The van der Waals surface area contributed by atoms with Crippen LogP contribution in [-0.2, 0) is 14.8 Å². The molecule has 9 heteroatoms. The van der Waals surface area contributed by atoms with Crippen LogP contribution in [0.1, 0.15) is 47.0 Å². The molecule has 0 aromatic rings. The third kappa shape index (κ3) is 7.11. The van der Waals surface area contributed by atoms with Crippen molar-refractivity contribution in [3.05, 3.63) is 0 Å². The van der Waals surface area contributed by atoms with Crippen LogP contribution in [0.5, 0.6) is 0 Å². The van der Waals surface area contributed by atoms with Gasteiger partial charge >= 0.3 is 131 Å². The molecule has 0 radical (unpaired) electrons. The molecule has 8 nitrogen and oxygen atoms in total. The average Bonchev–Trinajstić information content (AvgIpc) is 2.37. The second-order valence-corrected chi connectivity index (χ2v) is 10.5. The number of quaternary nitrogens is 1. The van der Waals surface area contributed by atoms with Crippen molar-refractivity contribution < 1.29 is 39.5 Å². The molecule has 0 fully saturated rings. The number of nitrogens with two attached hydrogens (primary N) is 3. The Hall–Kier alpha value is -0.0400. The first-order chi connectivity index (χ1) is 9.16. The predicted molar refractivity (Wildman–Crippen MR) is 72.2 cm³/mol. The van der Waals surface area contributed by atoms with E-state index >= 15 is 0 Å². The Kier molecular flexibility index (Phi) is 8.40. The molecule has 0 unspecified atom stereocenters. The number of hydrogen-bond acceptors (Lipinski definition) is 7. The average molecular weight is 405 g/mol. The number of nitrogens with zero attached hydrogens (tertiary/aromatic N) is 2. The Morgan fingerprint density at radius 2 is 1.70 bits per heavy atom. The minimum atomic E-state index is -0.879. The molecule has 0 aromatic heterocycles. The second-order valence-electron chi connectivity index (χ2n) is 5.88. The van der Waals surface area contributed by atoms with Gasteiger partial charge in [-0.15, -0.1) is 0 Å². The maximum absolute atomic E-state index is 5.73. The van der Waals surface area contributed by atoms with E-state index in [4.69, 9.17) is 32.3 Å². The maximum atomic E-state index is 5.73. The normalized spacial score (nSPS) is 13.6. The van der Waals surface area contributed by atoms with Gasteiger partial charge in [-0.05, 0) is 0 Å². The second kappa shape index (κ2) is 8.41. The molecular formula is C11H28IN5O3. The van der Waals surface area contributed by atoms with Crippen molar-refractivity contribution in [2.24, 2.45) is 28.1 Å². The summed E-state index contributed by atoms with van der Waals surface area (Å²) < 4.78 is -0.858. The summed E-state index contributed by atoms with van der Waals surface area (Å²) in [6.07, 6.45) is 3.04. The molecule has 0 aliphatic rings. The zero-order valence-electron chi connectivity index (χ0n) is 12.8. The number of rotatable bonds is 11. The molecule has 0 rings (SSSR count). The van der Waals surface area contributed by atoms with E-state index < -0.39 is 24.7 Å². The Bertz CT molecular complexity index is 298. The van der Waals surface area contributed by atoms with Gasteiger partial charge in [0.15, 0.2) is 0 Å². The molecule has 0 atom stereocenters. The van der Waals surface area contributed by atoms with Crippen molar-refractivity contribution in [1.29, 1.82) is 0 Å². The Labute approximate surface area is 131 Å². The van der Waals surface area contributed by atoms with Gasteiger partial charge < -0.3 is 0 Å². The van der Waals surface area contributed by atoms with Crippen LogP contribution >= 0.6 is 0 Å². The molecular weight excluding hydrogens is 377 g/mol. The summed E-state index contributed by atoms with van der Waals surface area (Å²) in [6.45, 7) is 12.4. The van der Waals surface area contributed by atoms with Gasteiger partial charge in [-0.25, -0.2) is 0 Å². The third-order valence-electron chi connectivity index (χ3n) is 2.92. The van der Waals surface area contributed by atoms with Gasteiger partial charge in [-0.1, -0.05) is 0 Å². The quantitative estimate of drug-likeness (QED) is 0.119. The molecule has 0 heterocycles. The molecule has 0 amide bonds. The summed E-state index contributed by atoms with van der Waals surface area (Å²) in [4.78, 5) is 14.3. The monoisotopic (exact) mass is 405 g/mol. The van der Waals surface area contributed by atoms with E-state index in [2.05, 4.69) is 39.6 Å². The van der Waals surface area contributed by atoms with Crippen LogP contribution in [0.4, 0.5) is 0 Å². The molecule has 0 aliphatic carbocycles. The Morgan fingerprint density at radius 1 is 1.15 bits per heavy atom. The zero-order chi connectivity index (χ0) is 15.9. The van der Waals surface area contributed by atoms with E-state index in [1.54, 1.807) is 0 Å². The van der Waals surface area contributed by atoms with Crippen molar-refractivity contribution in [2.45, 2.75) is 50.4 Å². The van der Waals surface area contributed by atoms with Gasteiger partial charge in [0.2, 0.25) is 0 Å². The molecule has 0 saturated heterocycles. The van der Waals surface area contributed by atoms with Crippen LogP contribution in [0.25, 0.3) is 0 Å². The minimum absolute atomic E-state index is 0.0764. The van der Waals surface area contributed by atoms with Crippen LogP contribution in [0.2, 0.25) is 0 Å². The molecule has 0 aliphatic heterocycles. The van der Waals surface area contributed by atoms with Gasteiger partial charge in [0.05, 0.1) is 0 Å². The van der Waals surface area contributed by atoms with E-state index in [-0.39, 0.29) is 8.84 Å². The van der Waals surface area contributed by atoms with E-state index in [9.17, 15) is 0 Å². The van der Waals surface area contributed by atoms with Crippen LogP contribution in [0.3, 0.4) is 0 Å². The summed E-state index contributed by atoms with van der Waals surface area (Å²) in [5.41, 5.74) is 5.88. The fraction of sp³-hybridized carbons (Fsp3) is 0.909. The number of oxime groups is 1. The Balaban J connectivity index is 4.52. The fourth-order valence-corrected chi connectivity index (χ4v) is 4.26. The first-order valence-electron chi connectivity index (χ1n) is 6.34. The van der Waals surface area contributed by atoms with E-state index in [1.807, 2.05) is 0 Å². The first-order valence-corrected chi connectivity index (χ1v) is 8.39. The molecule has 0 spiro atoms. The van der Waals surface area contributed by atoms with Crippen molar-refractivity contribution in [3.63, 3.8) is 0 Å². The molecule has 122 valence electrons. The summed E-state index contributed by atoms with van der Waals surface area (Å²) in [5, 5.41) is 3.29. The molecule has 0 saturated carbocycles. The zero-order valence-corrected chi connectivity index (χ0v) is 14.9. The summed E-state index contributed by atoms with van der Waals surface area (Å²) in [5.74, 6) is 10.4. The van der Waals surface area contributed by atoms with Crippen LogP contribution in [-0.4, -0.2) is 19.9 Å². The molecule has 6 N–H and O–H groups in total.